The van der Waals surface area contributed by atoms with E-state index >= 15 is 0 Å². The fraction of sp³-hybridized carbons (Fsp3) is 0.862. The molecule has 0 radical (unpaired) electrons. The monoisotopic (exact) mass is 980 g/mol. The van der Waals surface area contributed by atoms with Gasteiger partial charge in [0, 0.05) is 12.8 Å². The zero-order valence-electron chi connectivity index (χ0n) is 45.3. The van der Waals surface area contributed by atoms with Gasteiger partial charge < -0.3 is 27.9 Å². The first-order valence-electron chi connectivity index (χ1n) is 28.7. The second-order valence-corrected chi connectivity index (χ2v) is 22.1. The van der Waals surface area contributed by atoms with Gasteiger partial charge in [-0.15, -0.1) is 0 Å². The number of hydrogen-bond acceptors (Lipinski definition) is 8. The topological polar surface area (TPSA) is 111 Å². The zero-order chi connectivity index (χ0) is 49.9. The van der Waals surface area contributed by atoms with E-state index < -0.39 is 26.5 Å². The van der Waals surface area contributed by atoms with E-state index in [1.807, 2.05) is 21.1 Å². The Kier molecular flexibility index (Phi) is 48.9. The van der Waals surface area contributed by atoms with E-state index in [1.54, 1.807) is 0 Å². The van der Waals surface area contributed by atoms with Crippen LogP contribution in [-0.2, 0) is 32.7 Å². The minimum Gasteiger partial charge on any atom is -0.756 e. The summed E-state index contributed by atoms with van der Waals surface area (Å²) in [6, 6.07) is 0. The molecule has 0 aliphatic heterocycles. The van der Waals surface area contributed by atoms with Crippen LogP contribution < -0.4 is 4.89 Å². The molecule has 9 nitrogen and oxygen atoms in total. The maximum atomic E-state index is 12.8. The Bertz CT molecular complexity index is 1250. The van der Waals surface area contributed by atoms with Gasteiger partial charge in [0.05, 0.1) is 27.7 Å². The number of hydrogen-bond donors (Lipinski definition) is 0. The first kappa shape index (κ1) is 66.2. The predicted octanol–water partition coefficient (Wildman–Crippen LogP) is 17.0. The van der Waals surface area contributed by atoms with Crippen molar-refractivity contribution in [3.8, 4) is 0 Å². The van der Waals surface area contributed by atoms with E-state index in [4.69, 9.17) is 18.5 Å². The molecule has 0 aromatic carbocycles. The highest BCUT2D eigenvalue weighted by atomic mass is 31.2. The molecule has 68 heavy (non-hydrogen) atoms. The van der Waals surface area contributed by atoms with Crippen molar-refractivity contribution in [3.63, 3.8) is 0 Å². The largest absolute Gasteiger partial charge is 0.756 e. The van der Waals surface area contributed by atoms with Crippen molar-refractivity contribution < 1.29 is 42.1 Å². The van der Waals surface area contributed by atoms with E-state index in [0.717, 1.165) is 70.6 Å². The minimum absolute atomic E-state index is 0.0325. The second-order valence-electron chi connectivity index (χ2n) is 20.7. The SMILES string of the molecule is CCCCCCC/C=C\C/C=C\C/C=C\CCCCCCCCC(=O)OC(COC(=O)CCCCCCCCCCCCCCCCCCCCCCCCC)COP(=O)([O-])OCC[N+](C)(C)C. The van der Waals surface area contributed by atoms with Crippen LogP contribution in [0.1, 0.15) is 271 Å². The summed E-state index contributed by atoms with van der Waals surface area (Å²) in [4.78, 5) is 37.8. The molecule has 2 atom stereocenters. The molecule has 0 bridgehead atoms. The van der Waals surface area contributed by atoms with Gasteiger partial charge in [0.2, 0.25) is 0 Å². The fourth-order valence-corrected chi connectivity index (χ4v) is 8.92. The highest BCUT2D eigenvalue weighted by Gasteiger charge is 2.22. The number of unbranched alkanes of at least 4 members (excludes halogenated alkanes) is 33. The van der Waals surface area contributed by atoms with Crippen LogP contribution in [0.15, 0.2) is 36.5 Å². The molecular weight excluding hydrogens is 870 g/mol. The summed E-state index contributed by atoms with van der Waals surface area (Å²) in [6.45, 7) is 4.25. The molecule has 0 amide bonds. The van der Waals surface area contributed by atoms with Crippen molar-refractivity contribution in [2.45, 2.75) is 277 Å². The summed E-state index contributed by atoms with van der Waals surface area (Å²) in [6.07, 6.45) is 60.4. The third kappa shape index (κ3) is 53.6. The van der Waals surface area contributed by atoms with Crippen LogP contribution in [0, 0.1) is 0 Å². The Labute approximate surface area is 421 Å². The molecular formula is C58H110NO8P. The summed E-state index contributed by atoms with van der Waals surface area (Å²) in [5, 5.41) is 0. The normalized spacial score (nSPS) is 13.6. The molecule has 0 saturated carbocycles. The highest BCUT2D eigenvalue weighted by Crippen LogP contribution is 2.38. The quantitative estimate of drug-likeness (QED) is 0.0195. The van der Waals surface area contributed by atoms with Crippen molar-refractivity contribution in [2.75, 3.05) is 47.5 Å². The fourth-order valence-electron chi connectivity index (χ4n) is 8.19. The lowest BCUT2D eigenvalue weighted by molar-refractivity contribution is -0.870. The van der Waals surface area contributed by atoms with Crippen LogP contribution >= 0.6 is 7.82 Å². The number of esters is 2. The maximum Gasteiger partial charge on any atom is 0.306 e. The van der Waals surface area contributed by atoms with Crippen molar-refractivity contribution in [1.29, 1.82) is 0 Å². The second kappa shape index (κ2) is 50.2. The van der Waals surface area contributed by atoms with Gasteiger partial charge in [0.25, 0.3) is 7.82 Å². The lowest BCUT2D eigenvalue weighted by atomic mass is 10.0. The number of carbonyl (C=O) groups excluding carboxylic acids is 2. The van der Waals surface area contributed by atoms with Crippen LogP contribution in [0.25, 0.3) is 0 Å². The van der Waals surface area contributed by atoms with Gasteiger partial charge in [-0.3, -0.25) is 14.2 Å². The highest BCUT2D eigenvalue weighted by molar-refractivity contribution is 7.45. The summed E-state index contributed by atoms with van der Waals surface area (Å²) < 4.78 is 34.1. The van der Waals surface area contributed by atoms with Gasteiger partial charge in [-0.1, -0.05) is 243 Å². The zero-order valence-corrected chi connectivity index (χ0v) is 46.2. The van der Waals surface area contributed by atoms with Gasteiger partial charge in [-0.25, -0.2) is 0 Å². The van der Waals surface area contributed by atoms with Crippen LogP contribution in [0.2, 0.25) is 0 Å². The molecule has 0 aromatic rings. The number of rotatable bonds is 53. The number of carbonyl (C=O) groups is 2. The van der Waals surface area contributed by atoms with Gasteiger partial charge in [-0.2, -0.15) is 0 Å². The average molecular weight is 980 g/mol. The molecule has 400 valence electrons. The molecule has 0 saturated heterocycles. The average Bonchev–Trinajstić information content (AvgIpc) is 3.30. The summed E-state index contributed by atoms with van der Waals surface area (Å²) >= 11 is 0. The Morgan fingerprint density at radius 2 is 0.794 bits per heavy atom. The first-order valence-corrected chi connectivity index (χ1v) is 30.2. The number of ether oxygens (including phenoxy) is 2. The van der Waals surface area contributed by atoms with E-state index in [9.17, 15) is 19.0 Å². The number of phosphoric ester groups is 1. The van der Waals surface area contributed by atoms with E-state index in [-0.39, 0.29) is 32.0 Å². The third-order valence-electron chi connectivity index (χ3n) is 12.7. The van der Waals surface area contributed by atoms with Gasteiger partial charge in [0.15, 0.2) is 6.10 Å². The summed E-state index contributed by atoms with van der Waals surface area (Å²) in [5.74, 6) is -0.836. The standard InChI is InChI=1S/C58H110NO8P/c1-6-8-10-12-14-16-18-20-22-24-26-28-29-31-32-34-36-38-40-42-44-46-48-50-57(60)64-54-56(55-66-68(62,63)65-53-52-59(3,4)5)67-58(61)51-49-47-45-43-41-39-37-35-33-30-27-25-23-21-19-17-15-13-11-9-7-2/h19,21,25,27,33,35,56H,6-18,20,22-24,26,28-32,34,36-55H2,1-5H3/b21-19-,27-25-,35-33-. The Morgan fingerprint density at radius 1 is 0.456 bits per heavy atom. The molecule has 10 heteroatoms. The van der Waals surface area contributed by atoms with Crippen LogP contribution in [0.4, 0.5) is 0 Å². The molecule has 0 rings (SSSR count). The minimum atomic E-state index is -4.64. The molecule has 0 fully saturated rings. The van der Waals surface area contributed by atoms with Gasteiger partial charge in [0.1, 0.15) is 19.8 Å². The number of phosphoric acid groups is 1. The van der Waals surface area contributed by atoms with E-state index in [0.29, 0.717) is 17.4 Å². The summed E-state index contributed by atoms with van der Waals surface area (Å²) in [5.41, 5.74) is 0. The molecule has 0 aliphatic rings. The lowest BCUT2D eigenvalue weighted by Crippen LogP contribution is -2.37. The van der Waals surface area contributed by atoms with Crippen molar-refractivity contribution in [2.24, 2.45) is 0 Å². The predicted molar refractivity (Wildman–Crippen MR) is 287 cm³/mol. The number of allylic oxidation sites excluding steroid dienone is 6. The molecule has 0 N–H and O–H groups in total. The molecule has 0 heterocycles. The molecule has 0 aromatic heterocycles. The molecule has 2 unspecified atom stereocenters. The smallest absolute Gasteiger partial charge is 0.306 e. The number of likely N-dealkylation sites (N-methyl/N-ethyl adjacent to an activating group) is 1. The van der Waals surface area contributed by atoms with E-state index in [2.05, 4.69) is 50.3 Å². The maximum absolute atomic E-state index is 12.8. The number of nitrogens with zero attached hydrogens (tertiary/aromatic N) is 1. The Hall–Kier alpha value is -1.77. The van der Waals surface area contributed by atoms with Crippen LogP contribution in [-0.4, -0.2) is 70.0 Å². The van der Waals surface area contributed by atoms with Gasteiger partial charge in [-0.05, 0) is 51.4 Å². The Balaban J connectivity index is 4.18. The third-order valence-corrected chi connectivity index (χ3v) is 13.6. The Morgan fingerprint density at radius 3 is 1.18 bits per heavy atom. The van der Waals surface area contributed by atoms with Crippen molar-refractivity contribution >= 4 is 19.8 Å². The van der Waals surface area contributed by atoms with E-state index in [1.165, 1.54) is 167 Å². The number of quaternary nitrogens is 1. The lowest BCUT2D eigenvalue weighted by Gasteiger charge is -2.28. The first-order chi connectivity index (χ1) is 33.0. The van der Waals surface area contributed by atoms with Crippen LogP contribution in [0.3, 0.4) is 0 Å². The van der Waals surface area contributed by atoms with Gasteiger partial charge >= 0.3 is 11.9 Å². The molecule has 0 aliphatic carbocycles. The molecule has 0 spiro atoms. The van der Waals surface area contributed by atoms with Crippen LogP contribution in [0.5, 0.6) is 0 Å². The van der Waals surface area contributed by atoms with Crippen molar-refractivity contribution in [3.05, 3.63) is 36.5 Å². The van der Waals surface area contributed by atoms with Crippen molar-refractivity contribution in [1.82, 2.24) is 0 Å². The summed E-state index contributed by atoms with van der Waals surface area (Å²) in [7, 11) is 1.17.